The third-order valence-electron chi connectivity index (χ3n) is 8.41. The van der Waals surface area contributed by atoms with E-state index in [1.807, 2.05) is 0 Å². The van der Waals surface area contributed by atoms with Crippen molar-refractivity contribution in [2.75, 3.05) is 67.6 Å². The van der Waals surface area contributed by atoms with E-state index in [-0.39, 0.29) is 34.0 Å². The van der Waals surface area contributed by atoms with Gasteiger partial charge in [-0.25, -0.2) is 0 Å². The van der Waals surface area contributed by atoms with Gasteiger partial charge in [0.25, 0.3) is 0 Å². The number of rotatable bonds is 28. The van der Waals surface area contributed by atoms with Crippen molar-refractivity contribution in [3.8, 4) is 11.5 Å². The molecule has 42 heavy (non-hydrogen) atoms. The van der Waals surface area contributed by atoms with E-state index < -0.39 is 0 Å². The number of hydrogen-bond acceptors (Lipinski definition) is 2. The average molecular weight is 723 g/mol. The molecule has 0 amide bonds. The Bertz CT molecular complexity index is 639. The molecule has 0 heterocycles. The first-order valence-electron chi connectivity index (χ1n) is 17.3. The minimum Gasteiger partial charge on any atom is -1.00 e. The van der Waals surface area contributed by atoms with Crippen LogP contribution in [0.25, 0.3) is 0 Å². The predicted octanol–water partition coefficient (Wildman–Crippen LogP) is 3.67. The molecule has 6 heteroatoms. The quantitative estimate of drug-likeness (QED) is 0.0973. The summed E-state index contributed by atoms with van der Waals surface area (Å²) in [6.45, 7) is 11.4. The Balaban J connectivity index is 0. The van der Waals surface area contributed by atoms with Crippen molar-refractivity contribution in [1.29, 1.82) is 0 Å². The van der Waals surface area contributed by atoms with Crippen LogP contribution in [0.15, 0.2) is 24.3 Å². The zero-order chi connectivity index (χ0) is 29.4. The van der Waals surface area contributed by atoms with E-state index in [9.17, 15) is 0 Å². The van der Waals surface area contributed by atoms with Crippen LogP contribution in [0.5, 0.6) is 11.5 Å². The molecule has 0 fully saturated rings. The van der Waals surface area contributed by atoms with E-state index in [0.717, 1.165) is 46.5 Å². The zero-order valence-electron chi connectivity index (χ0n) is 28.7. The average Bonchev–Trinajstić information content (AvgIpc) is 2.92. The van der Waals surface area contributed by atoms with E-state index in [4.69, 9.17) is 9.47 Å². The molecule has 0 unspecified atom stereocenters. The number of benzene rings is 1. The summed E-state index contributed by atoms with van der Waals surface area (Å²) in [6, 6.07) is 8.21. The Morgan fingerprint density at radius 2 is 0.667 bits per heavy atom. The Morgan fingerprint density at radius 1 is 0.405 bits per heavy atom. The van der Waals surface area contributed by atoms with Gasteiger partial charge < -0.3 is 52.4 Å². The van der Waals surface area contributed by atoms with Gasteiger partial charge in [0.1, 0.15) is 11.5 Å². The van der Waals surface area contributed by atoms with Crippen molar-refractivity contribution in [1.82, 2.24) is 0 Å². The Labute approximate surface area is 284 Å². The molecule has 0 saturated heterocycles. The van der Waals surface area contributed by atoms with Crippen LogP contribution in [0.3, 0.4) is 0 Å². The molecule has 250 valence electrons. The molecule has 0 N–H and O–H groups in total. The maximum atomic E-state index is 5.98. The molecule has 0 radical (unpaired) electrons. The number of halogens is 2. The van der Waals surface area contributed by atoms with Crippen LogP contribution in [0.1, 0.15) is 129 Å². The van der Waals surface area contributed by atoms with E-state index >= 15 is 0 Å². The fourth-order valence-corrected chi connectivity index (χ4v) is 5.51. The highest BCUT2D eigenvalue weighted by molar-refractivity contribution is 5.31. The van der Waals surface area contributed by atoms with Gasteiger partial charge in [-0.3, -0.25) is 0 Å². The Morgan fingerprint density at radius 3 is 0.976 bits per heavy atom. The van der Waals surface area contributed by atoms with E-state index in [1.54, 1.807) is 0 Å². The molecule has 0 aliphatic carbocycles. The van der Waals surface area contributed by atoms with Gasteiger partial charge in [-0.05, 0) is 88.5 Å². The SMILES string of the molecule is CCCCCCCC[N+](C)(C)CCCCCOc1ccc(OCCCCC[N+](C)(C)CCCCCCCC)cc1.[Br-].[Br-]. The zero-order valence-corrected chi connectivity index (χ0v) is 31.9. The van der Waals surface area contributed by atoms with Crippen molar-refractivity contribution < 1.29 is 52.4 Å². The van der Waals surface area contributed by atoms with Crippen LogP contribution in [-0.2, 0) is 0 Å². The van der Waals surface area contributed by atoms with Crippen LogP contribution in [0.4, 0.5) is 0 Å². The van der Waals surface area contributed by atoms with Gasteiger partial charge in [0, 0.05) is 0 Å². The van der Waals surface area contributed by atoms with E-state index in [0.29, 0.717) is 0 Å². The fraction of sp³-hybridized carbons (Fsp3) is 0.833. The highest BCUT2D eigenvalue weighted by Gasteiger charge is 2.14. The maximum absolute atomic E-state index is 5.98. The van der Waals surface area contributed by atoms with Crippen LogP contribution in [0.2, 0.25) is 0 Å². The molecule has 0 atom stereocenters. The van der Waals surface area contributed by atoms with Gasteiger partial charge in [0.2, 0.25) is 0 Å². The molecule has 0 aliphatic rings. The molecular formula is C36H70Br2N2O2. The first-order chi connectivity index (χ1) is 19.3. The van der Waals surface area contributed by atoms with Crippen LogP contribution < -0.4 is 43.4 Å². The maximum Gasteiger partial charge on any atom is 0.119 e. The summed E-state index contributed by atoms with van der Waals surface area (Å²) in [6.07, 6.45) is 24.0. The molecule has 1 rings (SSSR count). The molecule has 1 aromatic rings. The predicted molar refractivity (Wildman–Crippen MR) is 176 cm³/mol. The normalized spacial score (nSPS) is 11.6. The van der Waals surface area contributed by atoms with E-state index in [2.05, 4.69) is 66.3 Å². The smallest absolute Gasteiger partial charge is 0.119 e. The topological polar surface area (TPSA) is 18.5 Å². The molecule has 0 spiro atoms. The highest BCUT2D eigenvalue weighted by Crippen LogP contribution is 2.19. The van der Waals surface area contributed by atoms with Crippen molar-refractivity contribution in [2.45, 2.75) is 129 Å². The summed E-state index contributed by atoms with van der Waals surface area (Å²) in [5, 5.41) is 0. The summed E-state index contributed by atoms with van der Waals surface area (Å²) < 4.78 is 14.3. The lowest BCUT2D eigenvalue weighted by Crippen LogP contribution is -3.00. The van der Waals surface area contributed by atoms with Crippen LogP contribution in [-0.4, -0.2) is 76.5 Å². The summed E-state index contributed by atoms with van der Waals surface area (Å²) in [4.78, 5) is 0. The minimum atomic E-state index is 0. The molecular weight excluding hydrogens is 652 g/mol. The third-order valence-corrected chi connectivity index (χ3v) is 8.41. The van der Waals surface area contributed by atoms with Gasteiger partial charge in [0.15, 0.2) is 0 Å². The first-order valence-corrected chi connectivity index (χ1v) is 17.3. The number of quaternary nitrogens is 2. The third kappa shape index (κ3) is 26.1. The summed E-state index contributed by atoms with van der Waals surface area (Å²) in [5.74, 6) is 1.91. The lowest BCUT2D eigenvalue weighted by atomic mass is 10.1. The van der Waals surface area contributed by atoms with Crippen molar-refractivity contribution >= 4 is 0 Å². The molecule has 0 aliphatic heterocycles. The largest absolute Gasteiger partial charge is 1.00 e. The second-order valence-corrected chi connectivity index (χ2v) is 13.6. The van der Waals surface area contributed by atoms with Crippen molar-refractivity contribution in [3.63, 3.8) is 0 Å². The van der Waals surface area contributed by atoms with Gasteiger partial charge in [-0.15, -0.1) is 0 Å². The Hall–Kier alpha value is -0.300. The van der Waals surface area contributed by atoms with Gasteiger partial charge in [0.05, 0.1) is 67.6 Å². The van der Waals surface area contributed by atoms with Crippen LogP contribution >= 0.6 is 0 Å². The van der Waals surface area contributed by atoms with Crippen molar-refractivity contribution in [2.24, 2.45) is 0 Å². The molecule has 1 aromatic carbocycles. The number of ether oxygens (including phenoxy) is 2. The molecule has 0 saturated carbocycles. The van der Waals surface area contributed by atoms with E-state index in [1.165, 1.54) is 129 Å². The monoisotopic (exact) mass is 720 g/mol. The number of hydrogen-bond donors (Lipinski definition) is 0. The lowest BCUT2D eigenvalue weighted by molar-refractivity contribution is -0.890. The summed E-state index contributed by atoms with van der Waals surface area (Å²) in [7, 11) is 9.57. The fourth-order valence-electron chi connectivity index (χ4n) is 5.51. The standard InChI is InChI=1S/C36H70N2O2.2BrH/c1-7-9-11-13-15-19-29-37(3,4)31-21-17-23-33-39-35-25-27-36(28-26-35)40-34-24-18-22-32-38(5,6)30-20-16-14-12-10-8-2;;/h25-28H,7-24,29-34H2,1-6H3;2*1H/q+2;;/p-2. The second-order valence-electron chi connectivity index (χ2n) is 13.6. The van der Waals surface area contributed by atoms with Gasteiger partial charge in [-0.1, -0.05) is 65.2 Å². The molecule has 0 bridgehead atoms. The number of unbranched alkanes of at least 4 members (excludes halogenated alkanes) is 14. The second kappa shape index (κ2) is 28.2. The minimum absolute atomic E-state index is 0. The van der Waals surface area contributed by atoms with Crippen molar-refractivity contribution in [3.05, 3.63) is 24.3 Å². The Kier molecular flexibility index (Phi) is 29.4. The number of nitrogens with zero attached hydrogens (tertiary/aromatic N) is 2. The molecule has 4 nitrogen and oxygen atoms in total. The summed E-state index contributed by atoms with van der Waals surface area (Å²) >= 11 is 0. The van der Waals surface area contributed by atoms with Gasteiger partial charge in [-0.2, -0.15) is 0 Å². The van der Waals surface area contributed by atoms with Gasteiger partial charge >= 0.3 is 0 Å². The van der Waals surface area contributed by atoms with Crippen LogP contribution in [0, 0.1) is 0 Å². The molecule has 0 aromatic heterocycles. The highest BCUT2D eigenvalue weighted by atomic mass is 79.9. The summed E-state index contributed by atoms with van der Waals surface area (Å²) in [5.41, 5.74) is 0. The first kappa shape index (κ1) is 43.8. The lowest BCUT2D eigenvalue weighted by Gasteiger charge is -2.30.